The number of aromatic nitrogens is 3. The summed E-state index contributed by atoms with van der Waals surface area (Å²) in [6.07, 6.45) is 1.65. The van der Waals surface area contributed by atoms with Gasteiger partial charge in [-0.05, 0) is 40.3 Å². The SMILES string of the molecule is N[C@@H](Cc1ccccc1)c1nnc(SCc2ccc3ccccc3c2)n1CCc1ccccc1. The zero-order chi connectivity index (χ0) is 23.2. The summed E-state index contributed by atoms with van der Waals surface area (Å²) in [6.45, 7) is 0.800. The average Bonchev–Trinajstić information content (AvgIpc) is 3.30. The van der Waals surface area contributed by atoms with E-state index in [0.717, 1.165) is 36.1 Å². The minimum atomic E-state index is -0.208. The molecule has 0 spiro atoms. The quantitative estimate of drug-likeness (QED) is 0.264. The van der Waals surface area contributed by atoms with E-state index in [9.17, 15) is 0 Å². The van der Waals surface area contributed by atoms with Gasteiger partial charge in [0.2, 0.25) is 0 Å². The molecule has 0 radical (unpaired) electrons. The number of hydrogen-bond acceptors (Lipinski definition) is 4. The Morgan fingerprint density at radius 2 is 1.38 bits per heavy atom. The number of thioether (sulfide) groups is 1. The molecular formula is C29H28N4S. The molecule has 2 N–H and O–H groups in total. The monoisotopic (exact) mass is 464 g/mol. The predicted octanol–water partition coefficient (Wildman–Crippen LogP) is 6.21. The van der Waals surface area contributed by atoms with Crippen LogP contribution in [0.4, 0.5) is 0 Å². The van der Waals surface area contributed by atoms with Crippen LogP contribution in [0.25, 0.3) is 10.8 Å². The van der Waals surface area contributed by atoms with E-state index in [-0.39, 0.29) is 6.04 Å². The lowest BCUT2D eigenvalue weighted by molar-refractivity contribution is 0.554. The fraction of sp³-hybridized carbons (Fsp3) is 0.172. The Morgan fingerprint density at radius 3 is 2.15 bits per heavy atom. The Hall–Kier alpha value is -3.41. The van der Waals surface area contributed by atoms with Crippen molar-refractivity contribution in [3.8, 4) is 0 Å². The van der Waals surface area contributed by atoms with E-state index in [1.54, 1.807) is 11.8 Å². The van der Waals surface area contributed by atoms with Crippen molar-refractivity contribution in [3.63, 3.8) is 0 Å². The highest BCUT2D eigenvalue weighted by Gasteiger charge is 2.19. The fourth-order valence-electron chi connectivity index (χ4n) is 4.21. The van der Waals surface area contributed by atoms with Crippen molar-refractivity contribution in [1.29, 1.82) is 0 Å². The van der Waals surface area contributed by atoms with Crippen LogP contribution in [0.15, 0.2) is 108 Å². The molecule has 0 bridgehead atoms. The lowest BCUT2D eigenvalue weighted by Crippen LogP contribution is -2.20. The summed E-state index contributed by atoms with van der Waals surface area (Å²) in [7, 11) is 0. The van der Waals surface area contributed by atoms with Crippen LogP contribution in [0, 0.1) is 0 Å². The van der Waals surface area contributed by atoms with Gasteiger partial charge in [0.05, 0.1) is 6.04 Å². The molecule has 5 aromatic rings. The van der Waals surface area contributed by atoms with Crippen molar-refractivity contribution in [1.82, 2.24) is 14.8 Å². The van der Waals surface area contributed by atoms with Gasteiger partial charge in [-0.2, -0.15) is 0 Å². The van der Waals surface area contributed by atoms with Crippen LogP contribution >= 0.6 is 11.8 Å². The van der Waals surface area contributed by atoms with Crippen LogP contribution < -0.4 is 5.73 Å². The topological polar surface area (TPSA) is 56.7 Å². The summed E-state index contributed by atoms with van der Waals surface area (Å²) >= 11 is 1.72. The molecule has 0 aliphatic rings. The highest BCUT2D eigenvalue weighted by atomic mass is 32.2. The molecule has 0 aliphatic heterocycles. The van der Waals surface area contributed by atoms with Crippen molar-refractivity contribution >= 4 is 22.5 Å². The van der Waals surface area contributed by atoms with Crippen molar-refractivity contribution in [2.45, 2.75) is 36.3 Å². The molecule has 0 unspecified atom stereocenters. The Morgan fingerprint density at radius 1 is 0.706 bits per heavy atom. The summed E-state index contributed by atoms with van der Waals surface area (Å²) in [5.74, 6) is 1.68. The maximum Gasteiger partial charge on any atom is 0.191 e. The predicted molar refractivity (Wildman–Crippen MR) is 141 cm³/mol. The molecule has 5 rings (SSSR count). The molecule has 1 atom stereocenters. The van der Waals surface area contributed by atoms with Crippen molar-refractivity contribution in [3.05, 3.63) is 126 Å². The largest absolute Gasteiger partial charge is 0.321 e. The summed E-state index contributed by atoms with van der Waals surface area (Å²) in [5, 5.41) is 12.6. The third-order valence-electron chi connectivity index (χ3n) is 6.02. The maximum absolute atomic E-state index is 6.65. The van der Waals surface area contributed by atoms with Gasteiger partial charge >= 0.3 is 0 Å². The first-order valence-electron chi connectivity index (χ1n) is 11.6. The third kappa shape index (κ3) is 5.38. The van der Waals surface area contributed by atoms with Gasteiger partial charge in [-0.1, -0.05) is 115 Å². The van der Waals surface area contributed by atoms with Gasteiger partial charge < -0.3 is 10.3 Å². The summed E-state index contributed by atoms with van der Waals surface area (Å²) in [5.41, 5.74) is 10.4. The molecule has 34 heavy (non-hydrogen) atoms. The minimum Gasteiger partial charge on any atom is -0.321 e. The summed E-state index contributed by atoms with van der Waals surface area (Å²) in [4.78, 5) is 0. The highest BCUT2D eigenvalue weighted by Crippen LogP contribution is 2.27. The van der Waals surface area contributed by atoms with E-state index in [4.69, 9.17) is 5.73 Å². The minimum absolute atomic E-state index is 0.208. The molecule has 170 valence electrons. The maximum atomic E-state index is 6.65. The van der Waals surface area contributed by atoms with E-state index in [2.05, 4.69) is 93.6 Å². The Labute approximate surface area is 204 Å². The zero-order valence-corrected chi connectivity index (χ0v) is 19.9. The molecule has 0 saturated carbocycles. The lowest BCUT2D eigenvalue weighted by atomic mass is 10.1. The number of nitrogens with two attached hydrogens (primary N) is 1. The van der Waals surface area contributed by atoms with Gasteiger partial charge in [0.1, 0.15) is 0 Å². The highest BCUT2D eigenvalue weighted by molar-refractivity contribution is 7.98. The van der Waals surface area contributed by atoms with Gasteiger partial charge in [-0.25, -0.2) is 0 Å². The number of fused-ring (bicyclic) bond motifs is 1. The number of nitrogens with zero attached hydrogens (tertiary/aromatic N) is 3. The molecule has 4 nitrogen and oxygen atoms in total. The molecule has 4 aromatic carbocycles. The Kier molecular flexibility index (Phi) is 7.03. The molecule has 0 fully saturated rings. The first-order valence-corrected chi connectivity index (χ1v) is 12.6. The van der Waals surface area contributed by atoms with E-state index in [1.165, 1.54) is 27.5 Å². The van der Waals surface area contributed by atoms with Gasteiger partial charge in [0, 0.05) is 12.3 Å². The number of aryl methyl sites for hydroxylation is 1. The molecule has 1 aromatic heterocycles. The van der Waals surface area contributed by atoms with Gasteiger partial charge in [-0.15, -0.1) is 10.2 Å². The van der Waals surface area contributed by atoms with Gasteiger partial charge in [0.15, 0.2) is 11.0 Å². The average molecular weight is 465 g/mol. The van der Waals surface area contributed by atoms with E-state index >= 15 is 0 Å². The summed E-state index contributed by atoms with van der Waals surface area (Å²) < 4.78 is 2.21. The Bertz CT molecular complexity index is 1350. The van der Waals surface area contributed by atoms with Crippen LogP contribution in [0.5, 0.6) is 0 Å². The molecule has 0 saturated heterocycles. The molecule has 0 amide bonds. The second kappa shape index (κ2) is 10.7. The first kappa shape index (κ1) is 22.4. The second-order valence-electron chi connectivity index (χ2n) is 8.49. The molecule has 1 heterocycles. The lowest BCUT2D eigenvalue weighted by Gasteiger charge is -2.15. The van der Waals surface area contributed by atoms with Crippen LogP contribution in [0.2, 0.25) is 0 Å². The number of hydrogen-bond donors (Lipinski definition) is 1. The molecule has 0 aliphatic carbocycles. The molecule has 5 heteroatoms. The Balaban J connectivity index is 1.37. The first-order chi connectivity index (χ1) is 16.8. The normalized spacial score (nSPS) is 12.1. The fourth-order valence-corrected chi connectivity index (χ4v) is 5.13. The van der Waals surface area contributed by atoms with Gasteiger partial charge in [-0.3, -0.25) is 0 Å². The van der Waals surface area contributed by atoms with Crippen LogP contribution in [0.1, 0.15) is 28.6 Å². The van der Waals surface area contributed by atoms with Crippen LogP contribution in [-0.4, -0.2) is 14.8 Å². The van der Waals surface area contributed by atoms with Crippen molar-refractivity contribution < 1.29 is 0 Å². The second-order valence-corrected chi connectivity index (χ2v) is 9.44. The zero-order valence-electron chi connectivity index (χ0n) is 19.0. The van der Waals surface area contributed by atoms with E-state index in [0.29, 0.717) is 0 Å². The van der Waals surface area contributed by atoms with E-state index in [1.807, 2.05) is 24.3 Å². The van der Waals surface area contributed by atoms with Gasteiger partial charge in [0.25, 0.3) is 0 Å². The van der Waals surface area contributed by atoms with Crippen LogP contribution in [-0.2, 0) is 25.1 Å². The standard InChI is InChI=1S/C29H28N4S/c30-27(20-23-11-5-2-6-12-23)28-31-32-29(33(28)18-17-22-9-3-1-4-10-22)34-21-24-15-16-25-13-7-8-14-26(25)19-24/h1-16,19,27H,17-18,20-21,30H2/t27-/m0/s1. The summed E-state index contributed by atoms with van der Waals surface area (Å²) in [6, 6.07) is 35.8. The van der Waals surface area contributed by atoms with Crippen molar-refractivity contribution in [2.75, 3.05) is 0 Å². The number of benzene rings is 4. The number of rotatable bonds is 9. The third-order valence-corrected chi connectivity index (χ3v) is 7.06. The van der Waals surface area contributed by atoms with Crippen molar-refractivity contribution in [2.24, 2.45) is 5.73 Å². The molecular weight excluding hydrogens is 436 g/mol. The van der Waals surface area contributed by atoms with Crippen LogP contribution in [0.3, 0.4) is 0 Å². The van der Waals surface area contributed by atoms with E-state index < -0.39 is 0 Å². The smallest absolute Gasteiger partial charge is 0.191 e.